The molecule has 1 aromatic carbocycles. The monoisotopic (exact) mass is 269 g/mol. The number of nitrogens with two attached hydrogens (primary N) is 1. The van der Waals surface area contributed by atoms with Crippen LogP contribution in [0.5, 0.6) is 0 Å². The Morgan fingerprint density at radius 3 is 2.75 bits per heavy atom. The Balaban J connectivity index is 2.34. The summed E-state index contributed by atoms with van der Waals surface area (Å²) in [6, 6.07) is 7.50. The Bertz CT molecular complexity index is 791. The van der Waals surface area contributed by atoms with Crippen LogP contribution >= 0.6 is 0 Å². The molecule has 0 saturated carbocycles. The number of hydrogen-bond donors (Lipinski definition) is 1. The molecule has 0 spiro atoms. The van der Waals surface area contributed by atoms with E-state index in [1.165, 1.54) is 9.13 Å². The van der Waals surface area contributed by atoms with E-state index in [4.69, 9.17) is 5.73 Å². The van der Waals surface area contributed by atoms with Crippen molar-refractivity contribution < 1.29 is 0 Å². The first kappa shape index (κ1) is 13.8. The van der Waals surface area contributed by atoms with Gasteiger partial charge in [-0.2, -0.15) is 0 Å². The molecule has 0 radical (unpaired) electrons. The molecule has 102 valence electrons. The zero-order chi connectivity index (χ0) is 14.5. The van der Waals surface area contributed by atoms with E-state index in [0.717, 1.165) is 11.1 Å². The highest BCUT2D eigenvalue weighted by Gasteiger charge is 2.03. The zero-order valence-electron chi connectivity index (χ0n) is 11.2. The lowest BCUT2D eigenvalue weighted by Gasteiger charge is -2.06. The molecule has 2 N–H and O–H groups in total. The fraction of sp³-hybridized carbons (Fsp3) is 0.200. The van der Waals surface area contributed by atoms with Crippen LogP contribution in [-0.4, -0.2) is 15.7 Å². The van der Waals surface area contributed by atoms with Gasteiger partial charge in [0.2, 0.25) is 0 Å². The van der Waals surface area contributed by atoms with Gasteiger partial charge in [0.15, 0.2) is 0 Å². The van der Waals surface area contributed by atoms with E-state index in [0.29, 0.717) is 13.1 Å². The molecule has 0 bridgehead atoms. The average Bonchev–Trinajstić information content (AvgIpc) is 2.46. The third-order valence-corrected chi connectivity index (χ3v) is 2.85. The Morgan fingerprint density at radius 1 is 1.20 bits per heavy atom. The third kappa shape index (κ3) is 3.05. The van der Waals surface area contributed by atoms with E-state index in [-0.39, 0.29) is 0 Å². The number of aryl methyl sites for hydroxylation is 1. The average molecular weight is 269 g/mol. The molecule has 5 heteroatoms. The predicted octanol–water partition coefficient (Wildman–Crippen LogP) is -0.0945. The molecule has 0 fully saturated rings. The van der Waals surface area contributed by atoms with E-state index in [9.17, 15) is 9.59 Å². The Kier molecular flexibility index (Phi) is 4.18. The van der Waals surface area contributed by atoms with Crippen LogP contribution in [0.1, 0.15) is 11.1 Å². The second kappa shape index (κ2) is 6.04. The first-order valence-electron chi connectivity index (χ1n) is 6.16. The number of rotatable bonds is 2. The quantitative estimate of drug-likeness (QED) is 0.611. The van der Waals surface area contributed by atoms with Crippen LogP contribution < -0.4 is 16.9 Å². The standard InChI is InChI=1S/C15H15N3O2/c1-17-8-9-18(15(20)14(17)19)11-13-5-2-4-12(10-13)6-3-7-16/h2,4-5,8-10H,7,11,16H2,1H3. The van der Waals surface area contributed by atoms with Crippen LogP contribution in [-0.2, 0) is 13.6 Å². The lowest BCUT2D eigenvalue weighted by Crippen LogP contribution is -2.39. The fourth-order valence-corrected chi connectivity index (χ4v) is 1.81. The summed E-state index contributed by atoms with van der Waals surface area (Å²) in [5.74, 6) is 5.72. The van der Waals surface area contributed by atoms with Gasteiger partial charge in [0, 0.05) is 25.0 Å². The minimum atomic E-state index is -0.536. The van der Waals surface area contributed by atoms with Gasteiger partial charge in [-0.05, 0) is 17.7 Å². The second-order valence-corrected chi connectivity index (χ2v) is 4.35. The molecule has 0 amide bonds. The van der Waals surface area contributed by atoms with E-state index >= 15 is 0 Å². The van der Waals surface area contributed by atoms with Gasteiger partial charge < -0.3 is 14.9 Å². The van der Waals surface area contributed by atoms with Crippen molar-refractivity contribution in [2.24, 2.45) is 12.8 Å². The molecule has 2 aromatic rings. The number of hydrogen-bond acceptors (Lipinski definition) is 3. The summed E-state index contributed by atoms with van der Waals surface area (Å²) in [5.41, 5.74) is 6.01. The first-order chi connectivity index (χ1) is 9.61. The highest BCUT2D eigenvalue weighted by Crippen LogP contribution is 2.05. The van der Waals surface area contributed by atoms with Gasteiger partial charge in [0.25, 0.3) is 0 Å². The van der Waals surface area contributed by atoms with Crippen molar-refractivity contribution in [3.63, 3.8) is 0 Å². The minimum Gasteiger partial charge on any atom is -0.320 e. The Hall–Kier alpha value is -2.58. The second-order valence-electron chi connectivity index (χ2n) is 4.35. The van der Waals surface area contributed by atoms with Crippen molar-refractivity contribution in [3.8, 4) is 11.8 Å². The van der Waals surface area contributed by atoms with Crippen LogP contribution in [0.3, 0.4) is 0 Å². The van der Waals surface area contributed by atoms with Crippen LogP contribution in [0.25, 0.3) is 0 Å². The molecule has 0 aliphatic rings. The third-order valence-electron chi connectivity index (χ3n) is 2.85. The predicted molar refractivity (Wildman–Crippen MR) is 77.4 cm³/mol. The van der Waals surface area contributed by atoms with Crippen molar-refractivity contribution in [3.05, 3.63) is 68.5 Å². The van der Waals surface area contributed by atoms with Gasteiger partial charge in [0.05, 0.1) is 13.1 Å². The number of aromatic nitrogens is 2. The van der Waals surface area contributed by atoms with Crippen LogP contribution in [0.4, 0.5) is 0 Å². The van der Waals surface area contributed by atoms with E-state index < -0.39 is 11.1 Å². The molecule has 0 aliphatic heterocycles. The Labute approximate surface area is 116 Å². The SMILES string of the molecule is Cn1ccn(Cc2cccc(C#CCN)c2)c(=O)c1=O. The maximum Gasteiger partial charge on any atom is 0.316 e. The molecule has 1 aromatic heterocycles. The van der Waals surface area contributed by atoms with Crippen molar-refractivity contribution in [2.45, 2.75) is 6.54 Å². The zero-order valence-corrected chi connectivity index (χ0v) is 11.2. The van der Waals surface area contributed by atoms with Crippen LogP contribution in [0.15, 0.2) is 46.2 Å². The molecule has 20 heavy (non-hydrogen) atoms. The molecular formula is C15H15N3O2. The van der Waals surface area contributed by atoms with Crippen molar-refractivity contribution >= 4 is 0 Å². The van der Waals surface area contributed by atoms with Crippen LogP contribution in [0, 0.1) is 11.8 Å². The number of nitrogens with zero attached hydrogens (tertiary/aromatic N) is 2. The van der Waals surface area contributed by atoms with Gasteiger partial charge in [-0.1, -0.05) is 24.0 Å². The van der Waals surface area contributed by atoms with Gasteiger partial charge in [-0.15, -0.1) is 0 Å². The van der Waals surface area contributed by atoms with E-state index in [1.54, 1.807) is 19.4 Å². The molecule has 0 saturated heterocycles. The lowest BCUT2D eigenvalue weighted by molar-refractivity contribution is 0.695. The summed E-state index contributed by atoms with van der Waals surface area (Å²) < 4.78 is 2.65. The molecule has 0 unspecified atom stereocenters. The lowest BCUT2D eigenvalue weighted by atomic mass is 10.1. The van der Waals surface area contributed by atoms with Crippen molar-refractivity contribution in [1.29, 1.82) is 0 Å². The van der Waals surface area contributed by atoms with Gasteiger partial charge in [-0.3, -0.25) is 9.59 Å². The normalized spacial score (nSPS) is 9.90. The van der Waals surface area contributed by atoms with Crippen LogP contribution in [0.2, 0.25) is 0 Å². The van der Waals surface area contributed by atoms with Crippen molar-refractivity contribution in [2.75, 3.05) is 6.54 Å². The minimum absolute atomic E-state index is 0.304. The van der Waals surface area contributed by atoms with E-state index in [1.807, 2.05) is 24.3 Å². The molecule has 1 heterocycles. The summed E-state index contributed by atoms with van der Waals surface area (Å²) in [6.45, 7) is 0.644. The van der Waals surface area contributed by atoms with Gasteiger partial charge >= 0.3 is 11.1 Å². The summed E-state index contributed by atoms with van der Waals surface area (Å²) in [6.07, 6.45) is 3.17. The maximum atomic E-state index is 11.8. The maximum absolute atomic E-state index is 11.8. The van der Waals surface area contributed by atoms with Gasteiger partial charge in [-0.25, -0.2) is 0 Å². The van der Waals surface area contributed by atoms with E-state index in [2.05, 4.69) is 11.8 Å². The first-order valence-corrected chi connectivity index (χ1v) is 6.16. The summed E-state index contributed by atoms with van der Waals surface area (Å²) in [7, 11) is 1.55. The molecule has 0 atom stereocenters. The highest BCUT2D eigenvalue weighted by molar-refractivity contribution is 5.37. The van der Waals surface area contributed by atoms with Crippen molar-refractivity contribution in [1.82, 2.24) is 9.13 Å². The molecule has 5 nitrogen and oxygen atoms in total. The Morgan fingerprint density at radius 2 is 2.00 bits per heavy atom. The van der Waals surface area contributed by atoms with Gasteiger partial charge in [0.1, 0.15) is 0 Å². The largest absolute Gasteiger partial charge is 0.320 e. The summed E-state index contributed by atoms with van der Waals surface area (Å²) >= 11 is 0. The fourth-order valence-electron chi connectivity index (χ4n) is 1.81. The molecule has 0 aliphatic carbocycles. The topological polar surface area (TPSA) is 70.0 Å². The highest BCUT2D eigenvalue weighted by atomic mass is 16.2. The molecule has 2 rings (SSSR count). The summed E-state index contributed by atoms with van der Waals surface area (Å²) in [4.78, 5) is 23.4. The smallest absolute Gasteiger partial charge is 0.316 e. The summed E-state index contributed by atoms with van der Waals surface area (Å²) in [5, 5.41) is 0. The molecular weight excluding hydrogens is 254 g/mol. The number of benzene rings is 1.